The standard InChI is InChI=1S/C21H29Cl2N3O2/c1-15-6-2-3-11-25(15)12-5-10-24-20(27)19-7-4-13-26(19)21(28)17-14-16(22)8-9-18(17)23/h8-9,14-15,19H,2-7,10-13H2,1H3,(H,24,27). The molecule has 1 aromatic carbocycles. The van der Waals surface area contributed by atoms with E-state index >= 15 is 0 Å². The molecule has 0 saturated carbocycles. The molecule has 2 unspecified atom stereocenters. The number of carbonyl (C=O) groups excluding carboxylic acids is 2. The van der Waals surface area contributed by atoms with Gasteiger partial charge < -0.3 is 15.1 Å². The zero-order chi connectivity index (χ0) is 20.1. The van der Waals surface area contributed by atoms with Crippen LogP contribution in [0.2, 0.25) is 10.0 Å². The number of benzene rings is 1. The minimum absolute atomic E-state index is 0.0734. The van der Waals surface area contributed by atoms with Crippen LogP contribution in [0.25, 0.3) is 0 Å². The van der Waals surface area contributed by atoms with Crippen LogP contribution in [-0.4, -0.2) is 59.9 Å². The molecule has 2 fully saturated rings. The molecular formula is C21H29Cl2N3O2. The van der Waals surface area contributed by atoms with Crippen molar-refractivity contribution >= 4 is 35.0 Å². The SMILES string of the molecule is CC1CCCCN1CCCNC(=O)C1CCCN1C(=O)c1cc(Cl)ccc1Cl. The first-order chi connectivity index (χ1) is 13.5. The maximum Gasteiger partial charge on any atom is 0.256 e. The minimum Gasteiger partial charge on any atom is -0.354 e. The largest absolute Gasteiger partial charge is 0.354 e. The predicted octanol–water partition coefficient (Wildman–Crippen LogP) is 3.98. The van der Waals surface area contributed by atoms with Crippen LogP contribution in [0.1, 0.15) is 55.8 Å². The highest BCUT2D eigenvalue weighted by Crippen LogP contribution is 2.26. The van der Waals surface area contributed by atoms with Crippen molar-refractivity contribution in [2.75, 3.05) is 26.2 Å². The van der Waals surface area contributed by atoms with E-state index in [0.29, 0.717) is 41.2 Å². The van der Waals surface area contributed by atoms with E-state index in [1.54, 1.807) is 23.1 Å². The van der Waals surface area contributed by atoms with Gasteiger partial charge in [0, 0.05) is 30.7 Å². The summed E-state index contributed by atoms with van der Waals surface area (Å²) in [4.78, 5) is 29.7. The Morgan fingerprint density at radius 3 is 2.75 bits per heavy atom. The van der Waals surface area contributed by atoms with Gasteiger partial charge >= 0.3 is 0 Å². The molecule has 1 N–H and O–H groups in total. The third-order valence-corrected chi connectivity index (χ3v) is 6.40. The van der Waals surface area contributed by atoms with Crippen LogP contribution in [0.5, 0.6) is 0 Å². The van der Waals surface area contributed by atoms with Crippen LogP contribution in [0.4, 0.5) is 0 Å². The Kier molecular flexibility index (Phi) is 7.61. The third kappa shape index (κ3) is 5.19. The highest BCUT2D eigenvalue weighted by Gasteiger charge is 2.35. The Labute approximate surface area is 177 Å². The minimum atomic E-state index is -0.434. The van der Waals surface area contributed by atoms with E-state index in [2.05, 4.69) is 17.1 Å². The molecule has 3 rings (SSSR count). The lowest BCUT2D eigenvalue weighted by molar-refractivity contribution is -0.124. The Balaban J connectivity index is 1.51. The molecule has 2 atom stereocenters. The quantitative estimate of drug-likeness (QED) is 0.701. The summed E-state index contributed by atoms with van der Waals surface area (Å²) < 4.78 is 0. The van der Waals surface area contributed by atoms with Gasteiger partial charge in [-0.25, -0.2) is 0 Å². The van der Waals surface area contributed by atoms with Crippen molar-refractivity contribution in [3.8, 4) is 0 Å². The summed E-state index contributed by atoms with van der Waals surface area (Å²) in [6, 6.07) is 5.03. The van der Waals surface area contributed by atoms with Gasteiger partial charge in [-0.05, 0) is 63.8 Å². The van der Waals surface area contributed by atoms with Crippen molar-refractivity contribution in [2.24, 2.45) is 0 Å². The number of amides is 2. The fourth-order valence-electron chi connectivity index (χ4n) is 4.20. The summed E-state index contributed by atoms with van der Waals surface area (Å²) in [6.07, 6.45) is 6.26. The zero-order valence-electron chi connectivity index (χ0n) is 16.4. The Hall–Kier alpha value is -1.30. The van der Waals surface area contributed by atoms with Crippen molar-refractivity contribution in [1.82, 2.24) is 15.1 Å². The molecule has 0 radical (unpaired) electrons. The maximum atomic E-state index is 12.9. The monoisotopic (exact) mass is 425 g/mol. The predicted molar refractivity (Wildman–Crippen MR) is 113 cm³/mol. The highest BCUT2D eigenvalue weighted by atomic mass is 35.5. The first kappa shape index (κ1) is 21.4. The average molecular weight is 426 g/mol. The smallest absolute Gasteiger partial charge is 0.256 e. The van der Waals surface area contributed by atoms with Gasteiger partial charge in [0.05, 0.1) is 10.6 Å². The van der Waals surface area contributed by atoms with Gasteiger partial charge in [-0.15, -0.1) is 0 Å². The van der Waals surface area contributed by atoms with Crippen molar-refractivity contribution in [1.29, 1.82) is 0 Å². The first-order valence-electron chi connectivity index (χ1n) is 10.2. The molecule has 2 amide bonds. The lowest BCUT2D eigenvalue weighted by atomic mass is 10.0. The summed E-state index contributed by atoms with van der Waals surface area (Å²) in [7, 11) is 0. The van der Waals surface area contributed by atoms with Crippen molar-refractivity contribution in [2.45, 2.75) is 57.5 Å². The summed E-state index contributed by atoms with van der Waals surface area (Å²) in [5, 5.41) is 3.84. The number of carbonyl (C=O) groups is 2. The van der Waals surface area contributed by atoms with Crippen LogP contribution in [0.15, 0.2) is 18.2 Å². The van der Waals surface area contributed by atoms with Gasteiger partial charge in [0.25, 0.3) is 5.91 Å². The number of nitrogens with zero attached hydrogens (tertiary/aromatic N) is 2. The number of rotatable bonds is 6. The lowest BCUT2D eigenvalue weighted by Gasteiger charge is -2.33. The van der Waals surface area contributed by atoms with Crippen LogP contribution >= 0.6 is 23.2 Å². The number of piperidine rings is 1. The second-order valence-corrected chi connectivity index (χ2v) is 8.65. The van der Waals surface area contributed by atoms with Gasteiger partial charge in [-0.2, -0.15) is 0 Å². The van der Waals surface area contributed by atoms with E-state index < -0.39 is 6.04 Å². The molecule has 0 aromatic heterocycles. The Bertz CT molecular complexity index is 713. The van der Waals surface area contributed by atoms with Gasteiger partial charge in [0.2, 0.25) is 5.91 Å². The Morgan fingerprint density at radius 2 is 1.96 bits per heavy atom. The molecule has 0 aliphatic carbocycles. The Morgan fingerprint density at radius 1 is 1.14 bits per heavy atom. The summed E-state index contributed by atoms with van der Waals surface area (Å²) in [6.45, 7) is 5.64. The highest BCUT2D eigenvalue weighted by molar-refractivity contribution is 6.35. The number of hydrogen-bond acceptors (Lipinski definition) is 3. The van der Waals surface area contributed by atoms with E-state index in [-0.39, 0.29) is 11.8 Å². The number of nitrogens with one attached hydrogen (secondary N) is 1. The first-order valence-corrected chi connectivity index (χ1v) is 11.0. The molecule has 28 heavy (non-hydrogen) atoms. The fraction of sp³-hybridized carbons (Fsp3) is 0.619. The molecule has 2 heterocycles. The van der Waals surface area contributed by atoms with E-state index in [9.17, 15) is 9.59 Å². The molecule has 2 aliphatic heterocycles. The molecule has 0 spiro atoms. The summed E-state index contributed by atoms with van der Waals surface area (Å²) in [5.74, 6) is -0.303. The van der Waals surface area contributed by atoms with Gasteiger partial charge in [0.15, 0.2) is 0 Å². The van der Waals surface area contributed by atoms with Crippen LogP contribution in [0.3, 0.4) is 0 Å². The molecule has 2 aliphatic rings. The normalized spacial score (nSPS) is 23.0. The molecule has 0 bridgehead atoms. The lowest BCUT2D eigenvalue weighted by Crippen LogP contribution is -2.46. The molecule has 7 heteroatoms. The van der Waals surface area contributed by atoms with E-state index in [0.717, 1.165) is 25.9 Å². The molecule has 2 saturated heterocycles. The van der Waals surface area contributed by atoms with Gasteiger partial charge in [0.1, 0.15) is 6.04 Å². The average Bonchev–Trinajstić information content (AvgIpc) is 3.17. The third-order valence-electron chi connectivity index (χ3n) is 5.84. The van der Waals surface area contributed by atoms with Crippen LogP contribution in [-0.2, 0) is 4.79 Å². The number of likely N-dealkylation sites (tertiary alicyclic amines) is 2. The molecule has 1 aromatic rings. The summed E-state index contributed by atoms with van der Waals surface area (Å²) in [5.41, 5.74) is 0.355. The second-order valence-electron chi connectivity index (χ2n) is 7.81. The van der Waals surface area contributed by atoms with E-state index in [1.165, 1.54) is 19.3 Å². The summed E-state index contributed by atoms with van der Waals surface area (Å²) >= 11 is 12.2. The molecule has 154 valence electrons. The zero-order valence-corrected chi connectivity index (χ0v) is 17.9. The van der Waals surface area contributed by atoms with Crippen molar-refractivity contribution in [3.05, 3.63) is 33.8 Å². The molecule has 5 nitrogen and oxygen atoms in total. The fourth-order valence-corrected chi connectivity index (χ4v) is 4.57. The van der Waals surface area contributed by atoms with E-state index in [4.69, 9.17) is 23.2 Å². The van der Waals surface area contributed by atoms with Gasteiger partial charge in [-0.3, -0.25) is 9.59 Å². The number of hydrogen-bond donors (Lipinski definition) is 1. The van der Waals surface area contributed by atoms with Crippen LogP contribution < -0.4 is 5.32 Å². The van der Waals surface area contributed by atoms with Crippen LogP contribution in [0, 0.1) is 0 Å². The second kappa shape index (κ2) is 9.95. The number of halogens is 2. The van der Waals surface area contributed by atoms with Crippen molar-refractivity contribution < 1.29 is 9.59 Å². The van der Waals surface area contributed by atoms with Gasteiger partial charge in [-0.1, -0.05) is 29.6 Å². The van der Waals surface area contributed by atoms with Crippen molar-refractivity contribution in [3.63, 3.8) is 0 Å². The topological polar surface area (TPSA) is 52.7 Å². The molecular weight excluding hydrogens is 397 g/mol. The maximum absolute atomic E-state index is 12.9. The van der Waals surface area contributed by atoms with E-state index in [1.807, 2.05) is 0 Å².